The van der Waals surface area contributed by atoms with Gasteiger partial charge in [-0.3, -0.25) is 4.55 Å². The fourth-order valence-corrected chi connectivity index (χ4v) is 0.933. The predicted octanol–water partition coefficient (Wildman–Crippen LogP) is -0.159. The molecule has 1 N–H and O–H groups in total. The van der Waals surface area contributed by atoms with Crippen LogP contribution >= 0.6 is 0 Å². The Morgan fingerprint density at radius 1 is 1.42 bits per heavy atom. The summed E-state index contributed by atoms with van der Waals surface area (Å²) in [6.45, 7) is -0.150. The van der Waals surface area contributed by atoms with Gasteiger partial charge in [0, 0.05) is 0 Å². The van der Waals surface area contributed by atoms with Crippen LogP contribution in [0.4, 0.5) is 0 Å². The van der Waals surface area contributed by atoms with Gasteiger partial charge in [0.1, 0.15) is 0 Å². The molecule has 1 aliphatic heterocycles. The van der Waals surface area contributed by atoms with Crippen LogP contribution in [0.25, 0.3) is 0 Å². The molecule has 0 aromatic carbocycles. The molecule has 12 heavy (non-hydrogen) atoms. The molecule has 0 aliphatic carbocycles. The van der Waals surface area contributed by atoms with Crippen LogP contribution in [0.1, 0.15) is 6.42 Å². The molecule has 1 heterocycles. The summed E-state index contributed by atoms with van der Waals surface area (Å²) in [7, 11) is -4.33. The van der Waals surface area contributed by atoms with Crippen LogP contribution in [0.15, 0.2) is 9.98 Å². The number of nitrogens with zero attached hydrogens (tertiary/aromatic N) is 2. The second-order valence-electron chi connectivity index (χ2n) is 1.97. The Balaban J connectivity index is 2.19. The molecular formula is C5H7N2O4S+. The SMILES string of the molecule is O=S(=O)(O)OCC[C+]1N=CC=N1. The van der Waals surface area contributed by atoms with Crippen molar-refractivity contribution in [3.05, 3.63) is 6.17 Å². The van der Waals surface area contributed by atoms with Gasteiger partial charge in [0.2, 0.25) is 6.17 Å². The molecule has 6 nitrogen and oxygen atoms in total. The molecule has 0 aromatic rings. The Hall–Kier alpha value is -0.920. The van der Waals surface area contributed by atoms with E-state index >= 15 is 0 Å². The first-order chi connectivity index (χ1) is 5.58. The zero-order valence-corrected chi connectivity index (χ0v) is 6.86. The van der Waals surface area contributed by atoms with Crippen molar-refractivity contribution in [2.75, 3.05) is 6.61 Å². The maximum Gasteiger partial charge on any atom is 0.397 e. The summed E-state index contributed by atoms with van der Waals surface area (Å²) >= 11 is 0. The average molecular weight is 191 g/mol. The molecule has 66 valence electrons. The van der Waals surface area contributed by atoms with Crippen molar-refractivity contribution in [3.8, 4) is 0 Å². The van der Waals surface area contributed by atoms with Gasteiger partial charge in [0.15, 0.2) is 12.4 Å². The van der Waals surface area contributed by atoms with Gasteiger partial charge in [-0.15, -0.1) is 0 Å². The largest absolute Gasteiger partial charge is 0.397 e. The van der Waals surface area contributed by atoms with E-state index in [9.17, 15) is 8.42 Å². The first kappa shape index (κ1) is 9.17. The summed E-state index contributed by atoms with van der Waals surface area (Å²) in [4.78, 5) is 7.54. The molecule has 7 heteroatoms. The van der Waals surface area contributed by atoms with Gasteiger partial charge in [-0.05, 0) is 0 Å². The van der Waals surface area contributed by atoms with E-state index in [1.165, 1.54) is 12.4 Å². The molecule has 0 radical (unpaired) electrons. The van der Waals surface area contributed by atoms with Crippen LogP contribution in [-0.2, 0) is 14.6 Å². The maximum atomic E-state index is 10.1. The summed E-state index contributed by atoms with van der Waals surface area (Å²) in [5.41, 5.74) is 0. The van der Waals surface area contributed by atoms with Crippen molar-refractivity contribution in [2.24, 2.45) is 9.98 Å². The highest BCUT2D eigenvalue weighted by atomic mass is 32.3. The normalized spacial score (nSPS) is 15.9. The minimum absolute atomic E-state index is 0.150. The molecule has 0 saturated carbocycles. The van der Waals surface area contributed by atoms with E-state index in [0.29, 0.717) is 6.17 Å². The van der Waals surface area contributed by atoms with Gasteiger partial charge in [0.05, 0.1) is 13.0 Å². The smallest absolute Gasteiger partial charge is 0.264 e. The Morgan fingerprint density at radius 3 is 2.50 bits per heavy atom. The maximum absolute atomic E-state index is 10.1. The predicted molar refractivity (Wildman–Crippen MR) is 42.3 cm³/mol. The standard InChI is InChI=1S/C5H6N2O4S/c8-12(9,10)11-4-1-5-6-2-3-7-5/h2-3H,1,4H2/p+1. The topological polar surface area (TPSA) is 88.3 Å². The second-order valence-corrected chi connectivity index (χ2v) is 3.06. The fraction of sp³-hybridized carbons (Fsp3) is 0.400. The Morgan fingerprint density at radius 2 is 2.00 bits per heavy atom. The van der Waals surface area contributed by atoms with Crippen molar-refractivity contribution in [1.82, 2.24) is 0 Å². The van der Waals surface area contributed by atoms with Gasteiger partial charge < -0.3 is 0 Å². The first-order valence-corrected chi connectivity index (χ1v) is 4.49. The molecule has 0 saturated heterocycles. The Kier molecular flexibility index (Phi) is 2.79. The monoisotopic (exact) mass is 191 g/mol. The highest BCUT2D eigenvalue weighted by Crippen LogP contribution is 2.11. The van der Waals surface area contributed by atoms with Crippen LogP contribution in [0, 0.1) is 6.17 Å². The average Bonchev–Trinajstić information content (AvgIpc) is 2.36. The highest BCUT2D eigenvalue weighted by Gasteiger charge is 2.16. The minimum atomic E-state index is -4.33. The van der Waals surface area contributed by atoms with Gasteiger partial charge in [-0.1, -0.05) is 9.98 Å². The zero-order chi connectivity index (χ0) is 9.03. The van der Waals surface area contributed by atoms with E-state index in [0.717, 1.165) is 0 Å². The fourth-order valence-electron chi connectivity index (χ4n) is 0.639. The van der Waals surface area contributed by atoms with Crippen molar-refractivity contribution < 1.29 is 17.2 Å². The summed E-state index contributed by atoms with van der Waals surface area (Å²) in [6, 6.07) is 0. The molecule has 0 unspecified atom stereocenters. The van der Waals surface area contributed by atoms with E-state index in [-0.39, 0.29) is 13.0 Å². The van der Waals surface area contributed by atoms with E-state index in [2.05, 4.69) is 14.2 Å². The Labute approximate surface area is 69.9 Å². The molecular weight excluding hydrogens is 184 g/mol. The zero-order valence-electron chi connectivity index (χ0n) is 6.04. The first-order valence-electron chi connectivity index (χ1n) is 3.12. The van der Waals surface area contributed by atoms with Gasteiger partial charge >= 0.3 is 10.4 Å². The summed E-state index contributed by atoms with van der Waals surface area (Å²) in [6.07, 6.45) is 3.72. The summed E-state index contributed by atoms with van der Waals surface area (Å²) < 4.78 is 32.3. The van der Waals surface area contributed by atoms with Crippen LogP contribution in [-0.4, -0.2) is 32.0 Å². The lowest BCUT2D eigenvalue weighted by Crippen LogP contribution is -2.06. The molecule has 0 atom stereocenters. The number of aliphatic imine (C=N–C) groups is 2. The molecule has 1 rings (SSSR count). The summed E-state index contributed by atoms with van der Waals surface area (Å²) in [5, 5.41) is 0. The molecule has 1 aliphatic rings. The lowest BCUT2D eigenvalue weighted by molar-refractivity contribution is 0.267. The van der Waals surface area contributed by atoms with Crippen molar-refractivity contribution in [3.63, 3.8) is 0 Å². The Bertz CT molecular complexity index is 283. The van der Waals surface area contributed by atoms with Crippen LogP contribution < -0.4 is 0 Å². The minimum Gasteiger partial charge on any atom is -0.264 e. The van der Waals surface area contributed by atoms with Crippen molar-refractivity contribution in [2.45, 2.75) is 6.42 Å². The quantitative estimate of drug-likeness (QED) is 0.494. The van der Waals surface area contributed by atoms with Gasteiger partial charge in [0.25, 0.3) is 0 Å². The van der Waals surface area contributed by atoms with E-state index in [4.69, 9.17) is 4.55 Å². The second kappa shape index (κ2) is 3.65. The number of rotatable bonds is 4. The number of hydrogen-bond donors (Lipinski definition) is 1. The highest BCUT2D eigenvalue weighted by molar-refractivity contribution is 7.80. The van der Waals surface area contributed by atoms with Crippen LogP contribution in [0.5, 0.6) is 0 Å². The lowest BCUT2D eigenvalue weighted by Gasteiger charge is -1.96. The van der Waals surface area contributed by atoms with Gasteiger partial charge in [-0.2, -0.15) is 8.42 Å². The molecule has 0 bridgehead atoms. The van der Waals surface area contributed by atoms with Crippen molar-refractivity contribution >= 4 is 22.8 Å². The number of hydrogen-bond acceptors (Lipinski definition) is 5. The van der Waals surface area contributed by atoms with E-state index < -0.39 is 10.4 Å². The third-order valence-electron chi connectivity index (χ3n) is 1.07. The van der Waals surface area contributed by atoms with Gasteiger partial charge in [-0.25, -0.2) is 4.18 Å². The van der Waals surface area contributed by atoms with E-state index in [1.54, 1.807) is 0 Å². The third-order valence-corrected chi connectivity index (χ3v) is 1.54. The van der Waals surface area contributed by atoms with Crippen LogP contribution in [0.3, 0.4) is 0 Å². The van der Waals surface area contributed by atoms with Crippen LogP contribution in [0.2, 0.25) is 0 Å². The molecule has 0 spiro atoms. The molecule has 0 amide bonds. The van der Waals surface area contributed by atoms with E-state index in [1.807, 2.05) is 0 Å². The van der Waals surface area contributed by atoms with Crippen molar-refractivity contribution in [1.29, 1.82) is 0 Å². The lowest BCUT2D eigenvalue weighted by atomic mass is 10.4. The summed E-state index contributed by atoms with van der Waals surface area (Å²) in [5.74, 6) is 0. The molecule has 0 aromatic heterocycles. The molecule has 0 fully saturated rings. The third kappa shape index (κ3) is 3.46.